The highest BCUT2D eigenvalue weighted by Crippen LogP contribution is 2.35. The Balaban J connectivity index is 1.60. The number of nitro groups is 1. The van der Waals surface area contributed by atoms with Crippen molar-refractivity contribution in [1.29, 1.82) is 0 Å². The van der Waals surface area contributed by atoms with Crippen molar-refractivity contribution in [3.05, 3.63) is 75.1 Å². The molecule has 134 valence electrons. The van der Waals surface area contributed by atoms with Gasteiger partial charge in [-0.2, -0.15) is 0 Å². The van der Waals surface area contributed by atoms with Gasteiger partial charge in [0.1, 0.15) is 5.75 Å². The van der Waals surface area contributed by atoms with Crippen molar-refractivity contribution in [2.24, 2.45) is 0 Å². The summed E-state index contributed by atoms with van der Waals surface area (Å²) in [5, 5.41) is 19.7. The first-order valence-electron chi connectivity index (χ1n) is 7.63. The molecule has 3 aromatic rings. The number of nitrogens with zero attached hydrogens (tertiary/aromatic N) is 3. The van der Waals surface area contributed by atoms with Gasteiger partial charge in [0.2, 0.25) is 0 Å². The topological polar surface area (TPSA) is 91.3 Å². The van der Waals surface area contributed by atoms with Gasteiger partial charge in [-0.25, -0.2) is 0 Å². The van der Waals surface area contributed by atoms with E-state index in [0.29, 0.717) is 21.9 Å². The van der Waals surface area contributed by atoms with Gasteiger partial charge in [-0.3, -0.25) is 10.1 Å². The lowest BCUT2D eigenvalue weighted by atomic mass is 10.1. The van der Waals surface area contributed by atoms with Gasteiger partial charge in [0.05, 0.1) is 4.92 Å². The third kappa shape index (κ3) is 4.74. The molecule has 1 atom stereocenters. The Morgan fingerprint density at radius 3 is 2.77 bits per heavy atom. The van der Waals surface area contributed by atoms with Gasteiger partial charge in [-0.1, -0.05) is 35.5 Å². The summed E-state index contributed by atoms with van der Waals surface area (Å²) < 4.78 is 11.1. The summed E-state index contributed by atoms with van der Waals surface area (Å²) in [5.74, 6) is 0.987. The summed E-state index contributed by atoms with van der Waals surface area (Å²) in [4.78, 5) is 10.5. The van der Waals surface area contributed by atoms with Crippen LogP contribution in [-0.4, -0.2) is 15.1 Å². The minimum Gasteiger partial charge on any atom is -0.484 e. The maximum atomic E-state index is 10.9. The van der Waals surface area contributed by atoms with E-state index >= 15 is 0 Å². The van der Waals surface area contributed by atoms with E-state index in [0.717, 1.165) is 5.56 Å². The van der Waals surface area contributed by atoms with Crippen LogP contribution in [0.2, 0.25) is 5.02 Å². The van der Waals surface area contributed by atoms with Gasteiger partial charge < -0.3 is 9.15 Å². The van der Waals surface area contributed by atoms with E-state index in [-0.39, 0.29) is 17.5 Å². The first kappa shape index (κ1) is 18.2. The molecule has 0 amide bonds. The van der Waals surface area contributed by atoms with Crippen LogP contribution in [-0.2, 0) is 6.61 Å². The van der Waals surface area contributed by atoms with E-state index in [1.54, 1.807) is 36.4 Å². The molecular weight excluding hydrogens is 378 g/mol. The van der Waals surface area contributed by atoms with Crippen LogP contribution in [0.3, 0.4) is 0 Å². The summed E-state index contributed by atoms with van der Waals surface area (Å²) in [6.07, 6.45) is 0. The monoisotopic (exact) mass is 391 g/mol. The Morgan fingerprint density at radius 2 is 2.04 bits per heavy atom. The van der Waals surface area contributed by atoms with Crippen LogP contribution >= 0.6 is 23.4 Å². The molecule has 0 fully saturated rings. The maximum absolute atomic E-state index is 10.9. The van der Waals surface area contributed by atoms with Crippen LogP contribution in [0.25, 0.3) is 0 Å². The number of thioether (sulfide) groups is 1. The zero-order valence-corrected chi connectivity index (χ0v) is 15.2. The van der Waals surface area contributed by atoms with Gasteiger partial charge in [0.25, 0.3) is 16.8 Å². The number of halogens is 1. The largest absolute Gasteiger partial charge is 0.484 e. The molecule has 0 bridgehead atoms. The van der Waals surface area contributed by atoms with Gasteiger partial charge in [-0.15, -0.1) is 10.2 Å². The standard InChI is InChI=1S/C17H14ClN3O4S/c1-11(12-3-2-4-14(9-12)21(22)23)26-17-20-19-16(25-17)10-24-15-7-5-13(18)6-8-15/h2-9,11H,10H2,1H3. The molecule has 0 aliphatic carbocycles. The lowest BCUT2D eigenvalue weighted by Gasteiger charge is -2.08. The minimum absolute atomic E-state index is 0.0533. The normalized spacial score (nSPS) is 11.9. The molecule has 0 aliphatic rings. The van der Waals surface area contributed by atoms with Crippen LogP contribution in [0.5, 0.6) is 5.75 Å². The second kappa shape index (κ2) is 8.20. The Labute approximate surface area is 158 Å². The van der Waals surface area contributed by atoms with E-state index in [1.807, 2.05) is 13.0 Å². The third-order valence-corrected chi connectivity index (χ3v) is 4.70. The van der Waals surface area contributed by atoms with E-state index in [1.165, 1.54) is 17.8 Å². The van der Waals surface area contributed by atoms with Crippen molar-refractivity contribution >= 4 is 29.1 Å². The van der Waals surface area contributed by atoms with Gasteiger partial charge in [-0.05, 0) is 36.8 Å². The zero-order valence-electron chi connectivity index (χ0n) is 13.7. The van der Waals surface area contributed by atoms with Crippen molar-refractivity contribution in [2.75, 3.05) is 0 Å². The summed E-state index contributed by atoms with van der Waals surface area (Å²) in [6, 6.07) is 13.4. The summed E-state index contributed by atoms with van der Waals surface area (Å²) in [5.41, 5.74) is 0.860. The van der Waals surface area contributed by atoms with Crippen molar-refractivity contribution < 1.29 is 14.1 Å². The van der Waals surface area contributed by atoms with Crippen molar-refractivity contribution in [3.63, 3.8) is 0 Å². The molecule has 0 radical (unpaired) electrons. The second-order valence-corrected chi connectivity index (χ2v) is 7.04. The van der Waals surface area contributed by atoms with E-state index in [2.05, 4.69) is 10.2 Å². The molecule has 0 saturated carbocycles. The Morgan fingerprint density at radius 1 is 1.27 bits per heavy atom. The van der Waals surface area contributed by atoms with E-state index in [4.69, 9.17) is 20.8 Å². The molecule has 1 aromatic heterocycles. The fraction of sp³-hybridized carbons (Fsp3) is 0.176. The summed E-state index contributed by atoms with van der Waals surface area (Å²) in [6.45, 7) is 2.05. The van der Waals surface area contributed by atoms with E-state index in [9.17, 15) is 10.1 Å². The number of non-ortho nitro benzene ring substituents is 1. The molecule has 0 spiro atoms. The molecule has 7 nitrogen and oxygen atoms in total. The SMILES string of the molecule is CC(Sc1nnc(COc2ccc(Cl)cc2)o1)c1cccc([N+](=O)[O-])c1. The highest BCUT2D eigenvalue weighted by Gasteiger charge is 2.16. The average molecular weight is 392 g/mol. The molecule has 9 heteroatoms. The highest BCUT2D eigenvalue weighted by molar-refractivity contribution is 7.99. The lowest BCUT2D eigenvalue weighted by Crippen LogP contribution is -1.95. The number of hydrogen-bond acceptors (Lipinski definition) is 7. The molecule has 2 aromatic carbocycles. The maximum Gasteiger partial charge on any atom is 0.277 e. The number of nitro benzene ring substituents is 1. The smallest absolute Gasteiger partial charge is 0.277 e. The molecule has 0 N–H and O–H groups in total. The Hall–Kier alpha value is -2.58. The number of rotatable bonds is 7. The Kier molecular flexibility index (Phi) is 5.75. The van der Waals surface area contributed by atoms with Crippen molar-refractivity contribution in [3.8, 4) is 5.75 Å². The van der Waals surface area contributed by atoms with Gasteiger partial charge >= 0.3 is 0 Å². The van der Waals surface area contributed by atoms with Gasteiger partial charge in [0, 0.05) is 22.4 Å². The van der Waals surface area contributed by atoms with Crippen LogP contribution < -0.4 is 4.74 Å². The first-order chi connectivity index (χ1) is 12.5. The average Bonchev–Trinajstić information content (AvgIpc) is 3.08. The summed E-state index contributed by atoms with van der Waals surface area (Å²) >= 11 is 7.15. The first-order valence-corrected chi connectivity index (χ1v) is 8.89. The van der Waals surface area contributed by atoms with Crippen LogP contribution in [0.15, 0.2) is 58.2 Å². The second-order valence-electron chi connectivity index (χ2n) is 5.32. The van der Waals surface area contributed by atoms with Gasteiger partial charge in [0.15, 0.2) is 6.61 Å². The molecular formula is C17H14ClN3O4S. The molecule has 1 unspecified atom stereocenters. The number of hydrogen-bond donors (Lipinski definition) is 0. The summed E-state index contributed by atoms with van der Waals surface area (Å²) in [7, 11) is 0. The quantitative estimate of drug-likeness (QED) is 0.315. The minimum atomic E-state index is -0.417. The number of aromatic nitrogens is 2. The van der Waals surface area contributed by atoms with Crippen molar-refractivity contribution in [2.45, 2.75) is 24.0 Å². The lowest BCUT2D eigenvalue weighted by molar-refractivity contribution is -0.384. The zero-order chi connectivity index (χ0) is 18.5. The van der Waals surface area contributed by atoms with Crippen molar-refractivity contribution in [1.82, 2.24) is 10.2 Å². The third-order valence-electron chi connectivity index (χ3n) is 3.45. The molecule has 3 rings (SSSR count). The van der Waals surface area contributed by atoms with E-state index < -0.39 is 4.92 Å². The Bertz CT molecular complexity index is 901. The molecule has 26 heavy (non-hydrogen) atoms. The predicted molar refractivity (Wildman–Crippen MR) is 97.5 cm³/mol. The molecule has 1 heterocycles. The number of ether oxygens (including phenoxy) is 1. The van der Waals surface area contributed by atoms with Crippen LogP contribution in [0, 0.1) is 10.1 Å². The fourth-order valence-electron chi connectivity index (χ4n) is 2.13. The predicted octanol–water partition coefficient (Wildman–Crippen LogP) is 5.06. The highest BCUT2D eigenvalue weighted by atomic mass is 35.5. The molecule has 0 aliphatic heterocycles. The van der Waals surface area contributed by atoms with Crippen LogP contribution in [0.4, 0.5) is 5.69 Å². The van der Waals surface area contributed by atoms with Crippen LogP contribution in [0.1, 0.15) is 23.6 Å². The fourth-order valence-corrected chi connectivity index (χ4v) is 3.07. The molecule has 0 saturated heterocycles. The number of benzene rings is 2.